The van der Waals surface area contributed by atoms with E-state index in [-0.39, 0.29) is 11.5 Å². The molecule has 0 aliphatic heterocycles. The molecule has 0 fully saturated rings. The molecule has 144 valence electrons. The van der Waals surface area contributed by atoms with E-state index < -0.39 is 5.54 Å². The zero-order chi connectivity index (χ0) is 19.9. The summed E-state index contributed by atoms with van der Waals surface area (Å²) in [5.74, 6) is 0.428. The standard InChI is InChI=1S/C22H29N3O2/c1-5-25(6-2)19-12-11-18(21(27)13-19)14-23-16-22(3,4)24-15-17-9-7-8-10-20(17)26/h7-15,26-27H,5-6,16H2,1-4H3. The maximum Gasteiger partial charge on any atom is 0.126 e. The second kappa shape index (κ2) is 9.21. The van der Waals surface area contributed by atoms with E-state index in [2.05, 4.69) is 28.7 Å². The van der Waals surface area contributed by atoms with Gasteiger partial charge in [0.15, 0.2) is 0 Å². The monoisotopic (exact) mass is 367 g/mol. The number of phenolic OH excluding ortho intramolecular Hbond substituents is 2. The van der Waals surface area contributed by atoms with Gasteiger partial charge in [0.25, 0.3) is 0 Å². The van der Waals surface area contributed by atoms with Gasteiger partial charge in [-0.05, 0) is 52.0 Å². The second-order valence-electron chi connectivity index (χ2n) is 7.01. The summed E-state index contributed by atoms with van der Waals surface area (Å²) in [6, 6.07) is 12.7. The van der Waals surface area contributed by atoms with Gasteiger partial charge in [0.1, 0.15) is 11.5 Å². The summed E-state index contributed by atoms with van der Waals surface area (Å²) in [6.07, 6.45) is 3.35. The highest BCUT2D eigenvalue weighted by Crippen LogP contribution is 2.24. The molecule has 2 aromatic carbocycles. The lowest BCUT2D eigenvalue weighted by atomic mass is 10.1. The predicted molar refractivity (Wildman–Crippen MR) is 114 cm³/mol. The average Bonchev–Trinajstić information content (AvgIpc) is 2.64. The lowest BCUT2D eigenvalue weighted by molar-refractivity contribution is 0.473. The van der Waals surface area contributed by atoms with E-state index >= 15 is 0 Å². The second-order valence-corrected chi connectivity index (χ2v) is 7.01. The summed E-state index contributed by atoms with van der Waals surface area (Å²) in [5, 5.41) is 20.1. The van der Waals surface area contributed by atoms with Crippen LogP contribution in [0.5, 0.6) is 11.5 Å². The molecule has 0 saturated carbocycles. The minimum absolute atomic E-state index is 0.207. The molecule has 5 nitrogen and oxygen atoms in total. The van der Waals surface area contributed by atoms with Crippen molar-refractivity contribution < 1.29 is 10.2 Å². The Morgan fingerprint density at radius 2 is 1.59 bits per heavy atom. The highest BCUT2D eigenvalue weighted by molar-refractivity contribution is 5.85. The molecule has 0 unspecified atom stereocenters. The van der Waals surface area contributed by atoms with Gasteiger partial charge >= 0.3 is 0 Å². The van der Waals surface area contributed by atoms with Crippen molar-refractivity contribution in [2.24, 2.45) is 9.98 Å². The van der Waals surface area contributed by atoms with Crippen LogP contribution < -0.4 is 4.90 Å². The zero-order valence-electron chi connectivity index (χ0n) is 16.6. The third-order valence-electron chi connectivity index (χ3n) is 4.34. The number of aromatic hydroxyl groups is 2. The third kappa shape index (κ3) is 5.84. The number of hydrogen-bond donors (Lipinski definition) is 2. The number of anilines is 1. The van der Waals surface area contributed by atoms with Crippen molar-refractivity contribution in [3.8, 4) is 11.5 Å². The van der Waals surface area contributed by atoms with Crippen molar-refractivity contribution in [3.63, 3.8) is 0 Å². The summed E-state index contributed by atoms with van der Waals surface area (Å²) in [4.78, 5) is 11.2. The van der Waals surface area contributed by atoms with Crippen LogP contribution in [-0.2, 0) is 0 Å². The van der Waals surface area contributed by atoms with Crippen LogP contribution in [0.3, 0.4) is 0 Å². The number of hydrogen-bond acceptors (Lipinski definition) is 5. The van der Waals surface area contributed by atoms with Crippen LogP contribution in [0.15, 0.2) is 52.4 Å². The van der Waals surface area contributed by atoms with Crippen LogP contribution >= 0.6 is 0 Å². The summed E-state index contributed by atoms with van der Waals surface area (Å²) < 4.78 is 0. The van der Waals surface area contributed by atoms with Crippen LogP contribution in [0.25, 0.3) is 0 Å². The lowest BCUT2D eigenvalue weighted by Gasteiger charge is -2.21. The molecule has 0 bridgehead atoms. The van der Waals surface area contributed by atoms with Crippen molar-refractivity contribution in [2.45, 2.75) is 33.2 Å². The third-order valence-corrected chi connectivity index (χ3v) is 4.34. The van der Waals surface area contributed by atoms with Gasteiger partial charge in [0.2, 0.25) is 0 Å². The van der Waals surface area contributed by atoms with Gasteiger partial charge in [-0.2, -0.15) is 0 Å². The number of rotatable bonds is 8. The normalized spacial score (nSPS) is 12.1. The Bertz CT molecular complexity index is 809. The van der Waals surface area contributed by atoms with Gasteiger partial charge in [-0.15, -0.1) is 0 Å². The largest absolute Gasteiger partial charge is 0.507 e. The topological polar surface area (TPSA) is 68.4 Å². The molecule has 0 aliphatic rings. The summed E-state index contributed by atoms with van der Waals surface area (Å²) in [7, 11) is 0. The van der Waals surface area contributed by atoms with Crippen LogP contribution in [0.2, 0.25) is 0 Å². The maximum atomic E-state index is 10.3. The summed E-state index contributed by atoms with van der Waals surface area (Å²) >= 11 is 0. The van der Waals surface area contributed by atoms with E-state index in [1.807, 2.05) is 38.1 Å². The highest BCUT2D eigenvalue weighted by Gasteiger charge is 2.14. The molecule has 0 aliphatic carbocycles. The molecule has 0 atom stereocenters. The van der Waals surface area contributed by atoms with Crippen molar-refractivity contribution in [3.05, 3.63) is 53.6 Å². The molecular weight excluding hydrogens is 338 g/mol. The summed E-state index contributed by atoms with van der Waals surface area (Å²) in [6.45, 7) is 10.4. The van der Waals surface area contributed by atoms with Gasteiger partial charge in [0, 0.05) is 48.4 Å². The van der Waals surface area contributed by atoms with E-state index in [9.17, 15) is 10.2 Å². The molecule has 2 N–H and O–H groups in total. The minimum atomic E-state index is -0.421. The number of aliphatic imine (C=N–C) groups is 2. The SMILES string of the molecule is CCN(CC)c1ccc(C=NCC(C)(C)N=Cc2ccccc2O)c(O)c1. The van der Waals surface area contributed by atoms with Crippen LogP contribution in [0.1, 0.15) is 38.8 Å². The zero-order valence-corrected chi connectivity index (χ0v) is 16.6. The van der Waals surface area contributed by atoms with E-state index in [1.54, 1.807) is 30.6 Å². The predicted octanol–water partition coefficient (Wildman–Crippen LogP) is 4.26. The maximum absolute atomic E-state index is 10.3. The molecule has 0 radical (unpaired) electrons. The first-order valence-electron chi connectivity index (χ1n) is 9.27. The lowest BCUT2D eigenvalue weighted by Crippen LogP contribution is -2.22. The van der Waals surface area contributed by atoms with Crippen LogP contribution in [0.4, 0.5) is 5.69 Å². The van der Waals surface area contributed by atoms with Crippen molar-refractivity contribution >= 4 is 18.1 Å². The first-order valence-corrected chi connectivity index (χ1v) is 9.27. The Kier molecular flexibility index (Phi) is 6.99. The first-order chi connectivity index (χ1) is 12.9. The fraction of sp³-hybridized carbons (Fsp3) is 0.364. The molecule has 27 heavy (non-hydrogen) atoms. The smallest absolute Gasteiger partial charge is 0.126 e. The first kappa shape index (κ1) is 20.5. The van der Waals surface area contributed by atoms with Crippen LogP contribution in [-0.4, -0.2) is 47.8 Å². The van der Waals surface area contributed by atoms with E-state index in [0.29, 0.717) is 17.7 Å². The van der Waals surface area contributed by atoms with E-state index in [1.165, 1.54) is 0 Å². The van der Waals surface area contributed by atoms with Gasteiger partial charge in [-0.1, -0.05) is 12.1 Å². The average molecular weight is 367 g/mol. The number of para-hydroxylation sites is 1. The molecule has 5 heteroatoms. The van der Waals surface area contributed by atoms with E-state index in [0.717, 1.165) is 18.8 Å². The van der Waals surface area contributed by atoms with Crippen molar-refractivity contribution in [1.29, 1.82) is 0 Å². The number of phenols is 2. The molecule has 0 heterocycles. The fourth-order valence-electron chi connectivity index (χ4n) is 2.68. The Labute approximate surface area is 161 Å². The number of benzene rings is 2. The Morgan fingerprint density at radius 1 is 0.926 bits per heavy atom. The van der Waals surface area contributed by atoms with Gasteiger partial charge in [-0.25, -0.2) is 0 Å². The van der Waals surface area contributed by atoms with Gasteiger partial charge in [0.05, 0.1) is 12.1 Å². The van der Waals surface area contributed by atoms with Crippen LogP contribution in [0, 0.1) is 0 Å². The quantitative estimate of drug-likeness (QED) is 0.685. The van der Waals surface area contributed by atoms with Crippen molar-refractivity contribution in [1.82, 2.24) is 0 Å². The van der Waals surface area contributed by atoms with Gasteiger partial charge in [-0.3, -0.25) is 9.98 Å². The molecule has 2 aromatic rings. The highest BCUT2D eigenvalue weighted by atomic mass is 16.3. The molecule has 0 amide bonds. The summed E-state index contributed by atoms with van der Waals surface area (Å²) in [5.41, 5.74) is 1.95. The molecule has 0 aromatic heterocycles. The molecule has 2 rings (SSSR count). The number of nitrogens with zero attached hydrogens (tertiary/aromatic N) is 3. The van der Waals surface area contributed by atoms with E-state index in [4.69, 9.17) is 0 Å². The van der Waals surface area contributed by atoms with Crippen molar-refractivity contribution in [2.75, 3.05) is 24.5 Å². The Balaban J connectivity index is 2.04. The van der Waals surface area contributed by atoms with Gasteiger partial charge < -0.3 is 15.1 Å². The molecular formula is C22H29N3O2. The Morgan fingerprint density at radius 3 is 2.22 bits per heavy atom. The Hall–Kier alpha value is -2.82. The molecule has 0 spiro atoms. The minimum Gasteiger partial charge on any atom is -0.507 e. The molecule has 0 saturated heterocycles. The fourth-order valence-corrected chi connectivity index (χ4v) is 2.68.